The first-order valence-electron chi connectivity index (χ1n) is 12.3. The maximum atomic E-state index is 12.7. The molecule has 0 aliphatic carbocycles. The molecule has 0 bridgehead atoms. The van der Waals surface area contributed by atoms with Crippen LogP contribution in [-0.4, -0.2) is 25.7 Å². The number of nitrogens with zero attached hydrogens (tertiary/aromatic N) is 3. The first-order chi connectivity index (χ1) is 16.5. The largest absolute Gasteiger partial charge is 0.481 e. The normalized spacial score (nSPS) is 13.7. The molecule has 2 aromatic heterocycles. The summed E-state index contributed by atoms with van der Waals surface area (Å²) < 4.78 is 1.90. The summed E-state index contributed by atoms with van der Waals surface area (Å²) in [5, 5.41) is 15.6. The van der Waals surface area contributed by atoms with E-state index in [4.69, 9.17) is 10.1 Å². The lowest BCUT2D eigenvalue weighted by atomic mass is 9.76. The molecule has 1 atom stereocenters. The monoisotopic (exact) mass is 469 g/mol. The van der Waals surface area contributed by atoms with E-state index < -0.39 is 11.4 Å². The van der Waals surface area contributed by atoms with Gasteiger partial charge in [0, 0.05) is 22.2 Å². The van der Waals surface area contributed by atoms with Gasteiger partial charge in [0.2, 0.25) is 0 Å². The van der Waals surface area contributed by atoms with Crippen LogP contribution in [0.1, 0.15) is 70.0 Å². The quantitative estimate of drug-likeness (QED) is 0.326. The SMILES string of the molecule is CCCC(C)(C(=O)O)c1c(C)nc2c(-c3ccccc3)c(C(C)(C)C)nn2c1-c1ccc(C)cc1. The zero-order valence-corrected chi connectivity index (χ0v) is 21.8. The van der Waals surface area contributed by atoms with Crippen LogP contribution in [-0.2, 0) is 15.6 Å². The van der Waals surface area contributed by atoms with E-state index in [9.17, 15) is 9.90 Å². The zero-order chi connectivity index (χ0) is 25.5. The Morgan fingerprint density at radius 3 is 2.11 bits per heavy atom. The van der Waals surface area contributed by atoms with E-state index in [0.717, 1.165) is 57.0 Å². The predicted octanol–water partition coefficient (Wildman–Crippen LogP) is 7.12. The Kier molecular flexibility index (Phi) is 6.31. The number of aliphatic carboxylic acids is 1. The summed E-state index contributed by atoms with van der Waals surface area (Å²) >= 11 is 0. The molecule has 4 rings (SSSR count). The highest BCUT2D eigenvalue weighted by molar-refractivity contribution is 5.88. The van der Waals surface area contributed by atoms with Gasteiger partial charge < -0.3 is 5.11 Å². The molecular weight excluding hydrogens is 434 g/mol. The summed E-state index contributed by atoms with van der Waals surface area (Å²) in [6, 6.07) is 18.5. The number of carbonyl (C=O) groups is 1. The van der Waals surface area contributed by atoms with Crippen molar-refractivity contribution in [2.24, 2.45) is 0 Å². The minimum Gasteiger partial charge on any atom is -0.481 e. The van der Waals surface area contributed by atoms with Crippen LogP contribution in [0.5, 0.6) is 0 Å². The number of rotatable bonds is 6. The Morgan fingerprint density at radius 2 is 1.57 bits per heavy atom. The third-order valence-electron chi connectivity index (χ3n) is 6.82. The van der Waals surface area contributed by atoms with Crippen LogP contribution < -0.4 is 0 Å². The van der Waals surface area contributed by atoms with E-state index in [1.165, 1.54) is 0 Å². The van der Waals surface area contributed by atoms with Crippen molar-refractivity contribution in [2.75, 3.05) is 0 Å². The Labute approximate surface area is 207 Å². The number of carboxylic acids is 1. The third-order valence-corrected chi connectivity index (χ3v) is 6.82. The molecule has 0 saturated carbocycles. The first-order valence-corrected chi connectivity index (χ1v) is 12.3. The van der Waals surface area contributed by atoms with Crippen LogP contribution in [0.3, 0.4) is 0 Å². The molecule has 35 heavy (non-hydrogen) atoms. The molecule has 4 aromatic rings. The molecule has 1 N–H and O–H groups in total. The van der Waals surface area contributed by atoms with Crippen molar-refractivity contribution < 1.29 is 9.90 Å². The fourth-order valence-corrected chi connectivity index (χ4v) is 5.03. The number of hydrogen-bond donors (Lipinski definition) is 1. The lowest BCUT2D eigenvalue weighted by Crippen LogP contribution is -2.35. The Balaban J connectivity index is 2.23. The lowest BCUT2D eigenvalue weighted by molar-refractivity contribution is -0.143. The van der Waals surface area contributed by atoms with Crippen LogP contribution in [0, 0.1) is 13.8 Å². The van der Waals surface area contributed by atoms with Crippen molar-refractivity contribution >= 4 is 11.6 Å². The molecule has 0 fully saturated rings. The van der Waals surface area contributed by atoms with Crippen LogP contribution in [0.2, 0.25) is 0 Å². The number of fused-ring (bicyclic) bond motifs is 1. The van der Waals surface area contributed by atoms with E-state index in [1.807, 2.05) is 43.5 Å². The summed E-state index contributed by atoms with van der Waals surface area (Å²) in [5.41, 5.74) is 6.74. The molecule has 5 heteroatoms. The van der Waals surface area contributed by atoms with Gasteiger partial charge in [-0.05, 0) is 32.8 Å². The van der Waals surface area contributed by atoms with Crippen molar-refractivity contribution in [3.05, 3.63) is 77.1 Å². The summed E-state index contributed by atoms with van der Waals surface area (Å²) in [5.74, 6) is -0.844. The van der Waals surface area contributed by atoms with Crippen molar-refractivity contribution in [3.63, 3.8) is 0 Å². The van der Waals surface area contributed by atoms with Crippen LogP contribution in [0.15, 0.2) is 54.6 Å². The molecule has 2 heterocycles. The summed E-state index contributed by atoms with van der Waals surface area (Å²) in [7, 11) is 0. The second-order valence-electron chi connectivity index (χ2n) is 10.7. The number of hydrogen-bond acceptors (Lipinski definition) is 3. The second-order valence-corrected chi connectivity index (χ2v) is 10.7. The van der Waals surface area contributed by atoms with Crippen LogP contribution in [0.25, 0.3) is 28.0 Å². The molecular formula is C30H35N3O2. The van der Waals surface area contributed by atoms with Gasteiger partial charge in [0.05, 0.1) is 22.4 Å². The molecule has 1 unspecified atom stereocenters. The summed E-state index contributed by atoms with van der Waals surface area (Å²) in [6.07, 6.45) is 1.25. The van der Waals surface area contributed by atoms with Gasteiger partial charge in [-0.15, -0.1) is 0 Å². The van der Waals surface area contributed by atoms with E-state index >= 15 is 0 Å². The maximum Gasteiger partial charge on any atom is 0.313 e. The molecule has 0 aliphatic rings. The number of aromatic nitrogens is 3. The Hall–Kier alpha value is -3.47. The highest BCUT2D eigenvalue weighted by Crippen LogP contribution is 2.42. The maximum absolute atomic E-state index is 12.7. The first kappa shape index (κ1) is 24.6. The average Bonchev–Trinajstić information content (AvgIpc) is 3.19. The number of benzene rings is 2. The highest BCUT2D eigenvalue weighted by atomic mass is 16.4. The van der Waals surface area contributed by atoms with Gasteiger partial charge in [-0.3, -0.25) is 4.79 Å². The fraction of sp³-hybridized carbons (Fsp3) is 0.367. The molecule has 0 aliphatic heterocycles. The Morgan fingerprint density at radius 1 is 0.943 bits per heavy atom. The van der Waals surface area contributed by atoms with E-state index in [2.05, 4.69) is 64.1 Å². The average molecular weight is 470 g/mol. The van der Waals surface area contributed by atoms with Crippen molar-refractivity contribution in [1.29, 1.82) is 0 Å². The van der Waals surface area contributed by atoms with Crippen molar-refractivity contribution in [3.8, 4) is 22.4 Å². The van der Waals surface area contributed by atoms with Crippen LogP contribution >= 0.6 is 0 Å². The minimum absolute atomic E-state index is 0.239. The molecule has 182 valence electrons. The topological polar surface area (TPSA) is 67.5 Å². The molecule has 0 saturated heterocycles. The van der Waals surface area contributed by atoms with Gasteiger partial charge in [0.1, 0.15) is 0 Å². The van der Waals surface area contributed by atoms with E-state index in [1.54, 1.807) is 0 Å². The summed E-state index contributed by atoms with van der Waals surface area (Å²) in [6.45, 7) is 14.3. The van der Waals surface area contributed by atoms with Gasteiger partial charge in [-0.25, -0.2) is 9.50 Å². The van der Waals surface area contributed by atoms with Crippen molar-refractivity contribution in [1.82, 2.24) is 14.6 Å². The Bertz CT molecular complexity index is 1380. The molecule has 5 nitrogen and oxygen atoms in total. The van der Waals surface area contributed by atoms with E-state index in [0.29, 0.717) is 6.42 Å². The van der Waals surface area contributed by atoms with Gasteiger partial charge in [-0.1, -0.05) is 94.3 Å². The van der Waals surface area contributed by atoms with Crippen molar-refractivity contribution in [2.45, 2.75) is 72.1 Å². The zero-order valence-electron chi connectivity index (χ0n) is 21.8. The minimum atomic E-state index is -1.10. The smallest absolute Gasteiger partial charge is 0.313 e. The molecule has 0 amide bonds. The van der Waals surface area contributed by atoms with Gasteiger partial charge in [0.15, 0.2) is 5.65 Å². The predicted molar refractivity (Wildman–Crippen MR) is 142 cm³/mol. The van der Waals surface area contributed by atoms with Crippen LogP contribution in [0.4, 0.5) is 0 Å². The van der Waals surface area contributed by atoms with Gasteiger partial charge in [0.25, 0.3) is 0 Å². The standard InChI is InChI=1S/C30H35N3O2/c1-8-18-30(7,28(34)35)24-20(3)31-27-23(21-12-10-9-11-13-21)26(29(4,5)6)32-33(27)25(24)22-16-14-19(2)15-17-22/h9-17H,8,18H2,1-7H3,(H,34,35). The fourth-order valence-electron chi connectivity index (χ4n) is 5.03. The summed E-state index contributed by atoms with van der Waals surface area (Å²) in [4.78, 5) is 17.8. The number of carboxylic acid groups (broad SMARTS) is 1. The molecule has 0 radical (unpaired) electrons. The highest BCUT2D eigenvalue weighted by Gasteiger charge is 2.40. The van der Waals surface area contributed by atoms with E-state index in [-0.39, 0.29) is 5.41 Å². The molecule has 0 spiro atoms. The number of aryl methyl sites for hydroxylation is 2. The second kappa shape index (κ2) is 8.95. The van der Waals surface area contributed by atoms with Gasteiger partial charge in [-0.2, -0.15) is 5.10 Å². The molecule has 2 aromatic carbocycles. The third kappa shape index (κ3) is 4.24. The van der Waals surface area contributed by atoms with Gasteiger partial charge >= 0.3 is 5.97 Å². The lowest BCUT2D eigenvalue weighted by Gasteiger charge is -2.29.